The summed E-state index contributed by atoms with van der Waals surface area (Å²) in [4.78, 5) is 26.9. The van der Waals surface area contributed by atoms with Crippen LogP contribution >= 0.6 is 0 Å². The van der Waals surface area contributed by atoms with Gasteiger partial charge in [0.05, 0.1) is 5.60 Å². The number of rotatable bonds is 1. The van der Waals surface area contributed by atoms with Crippen LogP contribution in [0.5, 0.6) is 0 Å². The topological polar surface area (TPSA) is 59.1 Å². The van der Waals surface area contributed by atoms with Gasteiger partial charge in [0.25, 0.3) is 0 Å². The zero-order valence-electron chi connectivity index (χ0n) is 15.0. The molecule has 5 heteroatoms. The number of epoxide rings is 1. The number of esters is 1. The van der Waals surface area contributed by atoms with Gasteiger partial charge in [0, 0.05) is 30.2 Å². The van der Waals surface area contributed by atoms with Crippen molar-refractivity contribution in [2.75, 3.05) is 13.1 Å². The minimum Gasteiger partial charge on any atom is -0.455 e. The highest BCUT2D eigenvalue weighted by atomic mass is 16.6. The Balaban J connectivity index is 1.54. The van der Waals surface area contributed by atoms with Gasteiger partial charge in [-0.15, -0.1) is 0 Å². The molecule has 0 unspecified atom stereocenters. The molecule has 0 radical (unpaired) electrons. The van der Waals surface area contributed by atoms with Gasteiger partial charge in [-0.2, -0.15) is 0 Å². The maximum atomic E-state index is 12.9. The Morgan fingerprint density at radius 1 is 1.32 bits per heavy atom. The summed E-state index contributed by atoms with van der Waals surface area (Å²) in [7, 11) is 0. The number of amides is 1. The zero-order chi connectivity index (χ0) is 17.6. The summed E-state index contributed by atoms with van der Waals surface area (Å²) in [5, 5.41) is 0. The minimum atomic E-state index is -0.306. The van der Waals surface area contributed by atoms with Crippen molar-refractivity contribution >= 4 is 11.9 Å². The first-order chi connectivity index (χ1) is 12.0. The van der Waals surface area contributed by atoms with Gasteiger partial charge >= 0.3 is 5.97 Å². The number of ether oxygens (including phenoxy) is 2. The molecule has 4 rings (SSSR count). The average molecular weight is 345 g/mol. The van der Waals surface area contributed by atoms with Crippen LogP contribution < -0.4 is 0 Å². The van der Waals surface area contributed by atoms with E-state index < -0.39 is 0 Å². The van der Waals surface area contributed by atoms with Gasteiger partial charge in [-0.1, -0.05) is 12.7 Å². The first kappa shape index (κ1) is 16.8. The number of carbonyl (C=O) groups is 2. The van der Waals surface area contributed by atoms with Crippen molar-refractivity contribution < 1.29 is 19.1 Å². The summed E-state index contributed by atoms with van der Waals surface area (Å²) in [5.74, 6) is -0.180. The lowest BCUT2D eigenvalue weighted by Crippen LogP contribution is -2.37. The van der Waals surface area contributed by atoms with E-state index in [2.05, 4.69) is 19.6 Å². The molecule has 0 spiro atoms. The Bertz CT molecular complexity index is 634. The highest BCUT2D eigenvalue weighted by molar-refractivity contribution is 5.94. The normalized spacial score (nSPS) is 38.4. The smallest absolute Gasteiger partial charge is 0.334 e. The van der Waals surface area contributed by atoms with Gasteiger partial charge in [0.2, 0.25) is 5.91 Å². The van der Waals surface area contributed by atoms with E-state index in [9.17, 15) is 9.59 Å². The third kappa shape index (κ3) is 3.03. The molecule has 0 bridgehead atoms. The Morgan fingerprint density at radius 2 is 2.08 bits per heavy atom. The van der Waals surface area contributed by atoms with E-state index >= 15 is 0 Å². The van der Waals surface area contributed by atoms with Crippen LogP contribution in [-0.2, 0) is 19.1 Å². The molecule has 5 nitrogen and oxygen atoms in total. The highest BCUT2D eigenvalue weighted by Crippen LogP contribution is 2.49. The molecule has 0 N–H and O–H groups in total. The molecule has 3 heterocycles. The van der Waals surface area contributed by atoms with Crippen LogP contribution in [0.2, 0.25) is 0 Å². The van der Waals surface area contributed by atoms with Crippen molar-refractivity contribution in [1.29, 1.82) is 0 Å². The summed E-state index contributed by atoms with van der Waals surface area (Å²) in [5.41, 5.74) is 1.17. The van der Waals surface area contributed by atoms with Crippen LogP contribution in [0.15, 0.2) is 23.8 Å². The predicted octanol–water partition coefficient (Wildman–Crippen LogP) is 2.75. The zero-order valence-corrected chi connectivity index (χ0v) is 15.0. The number of carbonyl (C=O) groups excluding carboxylic acids is 2. The van der Waals surface area contributed by atoms with E-state index in [1.165, 1.54) is 6.42 Å². The minimum absolute atomic E-state index is 0.0338. The molecule has 4 aliphatic rings. The third-order valence-corrected chi connectivity index (χ3v) is 6.26. The number of piperidine rings is 1. The summed E-state index contributed by atoms with van der Waals surface area (Å²) in [6, 6.07) is 0. The van der Waals surface area contributed by atoms with Crippen molar-refractivity contribution in [1.82, 2.24) is 4.90 Å². The van der Waals surface area contributed by atoms with Crippen molar-refractivity contribution in [3.05, 3.63) is 23.8 Å². The summed E-state index contributed by atoms with van der Waals surface area (Å²) in [6.45, 7) is 7.73. The van der Waals surface area contributed by atoms with Gasteiger partial charge in [-0.05, 0) is 51.9 Å². The molecular weight excluding hydrogens is 318 g/mol. The van der Waals surface area contributed by atoms with E-state index in [0.717, 1.165) is 50.8 Å². The van der Waals surface area contributed by atoms with E-state index in [4.69, 9.17) is 9.47 Å². The lowest BCUT2D eigenvalue weighted by Gasteiger charge is -2.28. The fraction of sp³-hybridized carbons (Fsp3) is 0.700. The standard InChI is InChI=1S/C20H27NO4/c1-13-15-9-8-14(18(22)21-11-4-3-5-12-21)7-6-10-20(2)17(25-20)16(15)24-19(13)23/h7,15-17H,1,3-6,8-12H2,2H3/t15-,16-,17-,20+/m0/s1. The molecule has 25 heavy (non-hydrogen) atoms. The first-order valence-corrected chi connectivity index (χ1v) is 9.55. The second kappa shape index (κ2) is 6.27. The largest absolute Gasteiger partial charge is 0.455 e. The first-order valence-electron chi connectivity index (χ1n) is 9.55. The van der Waals surface area contributed by atoms with Crippen LogP contribution in [0.1, 0.15) is 51.9 Å². The van der Waals surface area contributed by atoms with Crippen LogP contribution in [0.4, 0.5) is 0 Å². The Labute approximate surface area is 149 Å². The second-order valence-electron chi connectivity index (χ2n) is 8.01. The molecule has 3 saturated heterocycles. The summed E-state index contributed by atoms with van der Waals surface area (Å²) >= 11 is 0. The number of hydrogen-bond acceptors (Lipinski definition) is 4. The van der Waals surface area contributed by atoms with Crippen molar-refractivity contribution in [2.24, 2.45) is 5.92 Å². The van der Waals surface area contributed by atoms with E-state index in [1.54, 1.807) is 0 Å². The van der Waals surface area contributed by atoms with Crippen LogP contribution in [0.3, 0.4) is 0 Å². The van der Waals surface area contributed by atoms with Gasteiger partial charge in [-0.25, -0.2) is 4.79 Å². The molecule has 0 saturated carbocycles. The number of nitrogens with zero attached hydrogens (tertiary/aromatic N) is 1. The maximum Gasteiger partial charge on any atom is 0.334 e. The Morgan fingerprint density at radius 3 is 2.84 bits per heavy atom. The predicted molar refractivity (Wildman–Crippen MR) is 92.8 cm³/mol. The van der Waals surface area contributed by atoms with Gasteiger partial charge in [0.15, 0.2) is 0 Å². The molecule has 1 aliphatic carbocycles. The third-order valence-electron chi connectivity index (χ3n) is 6.26. The monoisotopic (exact) mass is 345 g/mol. The number of hydrogen-bond donors (Lipinski definition) is 0. The quantitative estimate of drug-likeness (QED) is 0.416. The van der Waals surface area contributed by atoms with Crippen LogP contribution in [0, 0.1) is 5.92 Å². The lowest BCUT2D eigenvalue weighted by molar-refractivity contribution is -0.140. The fourth-order valence-electron chi connectivity index (χ4n) is 4.55. The molecular formula is C20H27NO4. The molecule has 1 amide bonds. The lowest BCUT2D eigenvalue weighted by atomic mass is 9.83. The number of likely N-dealkylation sites (tertiary alicyclic amines) is 1. The molecule has 0 aromatic heterocycles. The molecule has 3 aliphatic heterocycles. The maximum absolute atomic E-state index is 12.9. The van der Waals surface area contributed by atoms with Crippen molar-refractivity contribution in [3.8, 4) is 0 Å². The van der Waals surface area contributed by atoms with E-state index in [-0.39, 0.29) is 35.6 Å². The van der Waals surface area contributed by atoms with Crippen LogP contribution in [0.25, 0.3) is 0 Å². The van der Waals surface area contributed by atoms with Gasteiger partial charge in [-0.3, -0.25) is 4.79 Å². The average Bonchev–Trinajstić information content (AvgIpc) is 3.21. The van der Waals surface area contributed by atoms with E-state index in [0.29, 0.717) is 12.0 Å². The molecule has 136 valence electrons. The SMILES string of the molecule is C=C1C(=O)O[C@H]2[C@H]1CCC(C(=O)N1CCCCC1)=CCC[C@@]1(C)O[C@@H]21. The fourth-order valence-corrected chi connectivity index (χ4v) is 4.55. The Kier molecular flexibility index (Phi) is 4.22. The number of allylic oxidation sites excluding steroid dienone is 1. The summed E-state index contributed by atoms with van der Waals surface area (Å²) < 4.78 is 11.5. The van der Waals surface area contributed by atoms with Crippen LogP contribution in [-0.4, -0.2) is 47.7 Å². The molecule has 4 atom stereocenters. The molecule has 0 aromatic carbocycles. The van der Waals surface area contributed by atoms with Gasteiger partial charge in [0.1, 0.15) is 12.2 Å². The number of fused-ring (bicyclic) bond motifs is 3. The Hall–Kier alpha value is -1.62. The molecule has 0 aromatic rings. The van der Waals surface area contributed by atoms with Gasteiger partial charge < -0.3 is 14.4 Å². The van der Waals surface area contributed by atoms with Crippen molar-refractivity contribution in [2.45, 2.75) is 69.7 Å². The molecule has 3 fully saturated rings. The second-order valence-corrected chi connectivity index (χ2v) is 8.01. The van der Waals surface area contributed by atoms with Crippen molar-refractivity contribution in [3.63, 3.8) is 0 Å². The highest BCUT2D eigenvalue weighted by Gasteiger charge is 2.61. The summed E-state index contributed by atoms with van der Waals surface area (Å²) in [6.07, 6.45) is 8.29. The van der Waals surface area contributed by atoms with E-state index in [1.807, 2.05) is 4.90 Å².